The molecule has 0 saturated carbocycles. The molecule has 1 saturated heterocycles. The fourth-order valence-electron chi connectivity index (χ4n) is 3.50. The van der Waals surface area contributed by atoms with Crippen molar-refractivity contribution in [3.8, 4) is 0 Å². The summed E-state index contributed by atoms with van der Waals surface area (Å²) in [5, 5.41) is 0. The zero-order valence-corrected chi connectivity index (χ0v) is 15.1. The summed E-state index contributed by atoms with van der Waals surface area (Å²) in [7, 11) is -3.79. The molecule has 1 aliphatic carbocycles. The Labute approximate surface area is 148 Å². The smallest absolute Gasteiger partial charge is 0.344 e. The van der Waals surface area contributed by atoms with Crippen LogP contribution in [0.4, 0.5) is 0 Å². The molecule has 0 aromatic heterocycles. The van der Waals surface area contributed by atoms with Gasteiger partial charge in [0, 0.05) is 18.5 Å². The number of nitrogens with two attached hydrogens (primary N) is 1. The van der Waals surface area contributed by atoms with Crippen LogP contribution in [-0.2, 0) is 19.7 Å². The summed E-state index contributed by atoms with van der Waals surface area (Å²) >= 11 is 0. The fourth-order valence-corrected chi connectivity index (χ4v) is 4.36. The van der Waals surface area contributed by atoms with Crippen molar-refractivity contribution >= 4 is 22.0 Å². The first kappa shape index (κ1) is 17.9. The van der Waals surface area contributed by atoms with Gasteiger partial charge in [0.2, 0.25) is 5.91 Å². The minimum absolute atomic E-state index is 0.0339. The van der Waals surface area contributed by atoms with E-state index in [1.807, 2.05) is 17.9 Å². The monoisotopic (exact) mass is 368 g/mol. The highest BCUT2D eigenvalue weighted by molar-refractivity contribution is 7.88. The van der Waals surface area contributed by atoms with Gasteiger partial charge in [0.15, 0.2) is 0 Å². The highest BCUT2D eigenvalue weighted by Gasteiger charge is 2.33. The maximum atomic E-state index is 12.2. The van der Waals surface area contributed by atoms with Gasteiger partial charge in [0.05, 0.1) is 24.4 Å². The highest BCUT2D eigenvalue weighted by Crippen LogP contribution is 2.27. The molecule has 0 radical (unpaired) electrons. The molecule has 3 aliphatic rings. The number of ether oxygens (including phenoxy) is 1. The lowest BCUT2D eigenvalue weighted by Crippen LogP contribution is -2.42. The number of amides is 1. The predicted octanol–water partition coefficient (Wildman–Crippen LogP) is 0.582. The van der Waals surface area contributed by atoms with E-state index in [0.29, 0.717) is 30.7 Å². The molecule has 0 aromatic carbocycles. The molecule has 1 amide bonds. The zero-order valence-electron chi connectivity index (χ0n) is 14.3. The molecule has 1 unspecified atom stereocenters. The van der Waals surface area contributed by atoms with Gasteiger partial charge >= 0.3 is 10.2 Å². The second-order valence-electron chi connectivity index (χ2n) is 6.47. The van der Waals surface area contributed by atoms with E-state index in [2.05, 4.69) is 9.12 Å². The van der Waals surface area contributed by atoms with Gasteiger partial charge in [-0.3, -0.25) is 9.52 Å². The van der Waals surface area contributed by atoms with Gasteiger partial charge < -0.3 is 15.4 Å². The Kier molecular flexibility index (Phi) is 5.14. The molecule has 9 heteroatoms. The fraction of sp³-hybridized carbons (Fsp3) is 0.625. The summed E-state index contributed by atoms with van der Waals surface area (Å²) in [6.45, 7) is 3.17. The van der Waals surface area contributed by atoms with E-state index >= 15 is 0 Å². The molecule has 2 aliphatic heterocycles. The van der Waals surface area contributed by atoms with Crippen molar-refractivity contribution in [3.05, 3.63) is 23.4 Å². The second-order valence-corrected chi connectivity index (χ2v) is 7.81. The molecule has 3 N–H and O–H groups in total. The van der Waals surface area contributed by atoms with Crippen LogP contribution in [0.1, 0.15) is 39.0 Å². The van der Waals surface area contributed by atoms with Crippen LogP contribution in [-0.4, -0.2) is 50.4 Å². The standard InChI is InChI=1S/C16H24N4O4S/c1-2-5-14(21)20-9-4-6-11(20)10-24-13-8-3-7-12-15(13)16(17)19-25(22,23)18-12/h3,7,11,13,18H,2,4-6,8-10H2,1H3,(H2,17,19)/t11-,13?/m0/s1. The van der Waals surface area contributed by atoms with Crippen LogP contribution in [0.3, 0.4) is 0 Å². The molecule has 138 valence electrons. The zero-order chi connectivity index (χ0) is 18.0. The van der Waals surface area contributed by atoms with Crippen LogP contribution in [0.15, 0.2) is 27.8 Å². The van der Waals surface area contributed by atoms with E-state index < -0.39 is 10.2 Å². The van der Waals surface area contributed by atoms with E-state index in [1.165, 1.54) is 0 Å². The largest absolute Gasteiger partial charge is 0.383 e. The normalized spacial score (nSPS) is 27.7. The van der Waals surface area contributed by atoms with Gasteiger partial charge in [0.1, 0.15) is 5.84 Å². The summed E-state index contributed by atoms with van der Waals surface area (Å²) in [6.07, 6.45) is 7.03. The summed E-state index contributed by atoms with van der Waals surface area (Å²) < 4.78 is 35.2. The van der Waals surface area contributed by atoms with Crippen molar-refractivity contribution in [1.82, 2.24) is 9.62 Å². The van der Waals surface area contributed by atoms with Gasteiger partial charge in [-0.15, -0.1) is 4.40 Å². The predicted molar refractivity (Wildman–Crippen MR) is 93.8 cm³/mol. The summed E-state index contributed by atoms with van der Waals surface area (Å²) in [6, 6.07) is 0.0625. The number of allylic oxidation sites excluding steroid dienone is 1. The van der Waals surface area contributed by atoms with Crippen molar-refractivity contribution in [2.75, 3.05) is 13.2 Å². The van der Waals surface area contributed by atoms with Crippen LogP contribution in [0, 0.1) is 0 Å². The number of hydrogen-bond donors (Lipinski definition) is 2. The average molecular weight is 368 g/mol. The average Bonchev–Trinajstić information content (AvgIpc) is 3.00. The molecule has 8 nitrogen and oxygen atoms in total. The molecular weight excluding hydrogens is 344 g/mol. The van der Waals surface area contributed by atoms with E-state index in [9.17, 15) is 13.2 Å². The molecular formula is C16H24N4O4S. The van der Waals surface area contributed by atoms with E-state index in [0.717, 1.165) is 25.8 Å². The lowest BCUT2D eigenvalue weighted by Gasteiger charge is -2.30. The first-order chi connectivity index (χ1) is 11.9. The number of nitrogens with zero attached hydrogens (tertiary/aromatic N) is 2. The van der Waals surface area contributed by atoms with Crippen LogP contribution in [0.5, 0.6) is 0 Å². The SMILES string of the molecule is CCCC(=O)N1CCC[C@H]1COC1CC=CC2=C1C(N)=NS(=O)(=O)N2. The summed E-state index contributed by atoms with van der Waals surface area (Å²) in [5.41, 5.74) is 6.83. The van der Waals surface area contributed by atoms with Gasteiger partial charge in [-0.2, -0.15) is 8.42 Å². The van der Waals surface area contributed by atoms with Gasteiger partial charge in [-0.25, -0.2) is 0 Å². The van der Waals surface area contributed by atoms with E-state index in [-0.39, 0.29) is 23.9 Å². The topological polar surface area (TPSA) is 114 Å². The molecule has 2 heterocycles. The maximum absolute atomic E-state index is 12.2. The number of likely N-dealkylation sites (tertiary alicyclic amines) is 1. The molecule has 25 heavy (non-hydrogen) atoms. The molecule has 1 fully saturated rings. The Morgan fingerprint density at radius 3 is 3.08 bits per heavy atom. The molecule has 0 spiro atoms. The number of carbonyl (C=O) groups is 1. The third-order valence-corrected chi connectivity index (χ3v) is 5.55. The molecule has 2 atom stereocenters. The van der Waals surface area contributed by atoms with Gasteiger partial charge in [-0.1, -0.05) is 13.0 Å². The van der Waals surface area contributed by atoms with Gasteiger partial charge in [-0.05, 0) is 31.8 Å². The first-order valence-corrected chi connectivity index (χ1v) is 10.1. The maximum Gasteiger partial charge on any atom is 0.344 e. The van der Waals surface area contributed by atoms with Crippen LogP contribution < -0.4 is 10.5 Å². The number of nitrogens with one attached hydrogen (secondary N) is 1. The van der Waals surface area contributed by atoms with Crippen molar-refractivity contribution in [3.63, 3.8) is 0 Å². The van der Waals surface area contributed by atoms with Crippen molar-refractivity contribution in [2.24, 2.45) is 10.1 Å². The quantitative estimate of drug-likeness (QED) is 0.737. The Morgan fingerprint density at radius 2 is 2.32 bits per heavy atom. The van der Waals surface area contributed by atoms with Crippen LogP contribution in [0.25, 0.3) is 0 Å². The summed E-state index contributed by atoms with van der Waals surface area (Å²) in [4.78, 5) is 14.1. The number of rotatable bonds is 5. The lowest BCUT2D eigenvalue weighted by atomic mass is 9.98. The number of hydrogen-bond acceptors (Lipinski definition) is 5. The third-order valence-electron chi connectivity index (χ3n) is 4.63. The van der Waals surface area contributed by atoms with Crippen molar-refractivity contribution in [1.29, 1.82) is 0 Å². The Hall–Kier alpha value is -1.87. The Balaban J connectivity index is 1.68. The van der Waals surface area contributed by atoms with Crippen molar-refractivity contribution in [2.45, 2.75) is 51.2 Å². The summed E-state index contributed by atoms with van der Waals surface area (Å²) in [5.74, 6) is 0.136. The second kappa shape index (κ2) is 7.17. The number of amidine groups is 1. The minimum Gasteiger partial charge on any atom is -0.383 e. The van der Waals surface area contributed by atoms with Gasteiger partial charge in [0.25, 0.3) is 0 Å². The highest BCUT2D eigenvalue weighted by atomic mass is 32.2. The molecule has 0 bridgehead atoms. The Bertz CT molecular complexity index is 741. The lowest BCUT2D eigenvalue weighted by molar-refractivity contribution is -0.133. The van der Waals surface area contributed by atoms with Crippen LogP contribution >= 0.6 is 0 Å². The third kappa shape index (κ3) is 3.87. The van der Waals surface area contributed by atoms with Crippen LogP contribution in [0.2, 0.25) is 0 Å². The van der Waals surface area contributed by atoms with Crippen molar-refractivity contribution < 1.29 is 17.9 Å². The molecule has 3 rings (SSSR count). The number of carbonyl (C=O) groups excluding carboxylic acids is 1. The Morgan fingerprint density at radius 1 is 1.52 bits per heavy atom. The first-order valence-electron chi connectivity index (χ1n) is 8.61. The molecule has 0 aromatic rings. The van der Waals surface area contributed by atoms with E-state index in [1.54, 1.807) is 6.08 Å². The van der Waals surface area contributed by atoms with E-state index in [4.69, 9.17) is 10.5 Å². The minimum atomic E-state index is -3.79.